The largest absolute Gasteiger partial charge is 0.330 e. The molecule has 2 heterocycles. The van der Waals surface area contributed by atoms with Gasteiger partial charge in [0.1, 0.15) is 5.15 Å². The van der Waals surface area contributed by atoms with Gasteiger partial charge in [0, 0.05) is 4.88 Å². The summed E-state index contributed by atoms with van der Waals surface area (Å²) in [6.45, 7) is 4.02. The van der Waals surface area contributed by atoms with Gasteiger partial charge in [-0.25, -0.2) is 4.79 Å². The first-order valence-electron chi connectivity index (χ1n) is 7.16. The second-order valence-corrected chi connectivity index (χ2v) is 6.32. The van der Waals surface area contributed by atoms with Gasteiger partial charge in [-0.05, 0) is 24.3 Å². The molecule has 4 nitrogen and oxygen atoms in total. The van der Waals surface area contributed by atoms with Crippen molar-refractivity contribution in [2.45, 2.75) is 45.6 Å². The van der Waals surface area contributed by atoms with Crippen molar-refractivity contribution in [2.75, 3.05) is 0 Å². The molecule has 0 radical (unpaired) electrons. The molecule has 1 N–H and O–H groups in total. The van der Waals surface area contributed by atoms with Crippen LogP contribution in [0.15, 0.2) is 27.1 Å². The summed E-state index contributed by atoms with van der Waals surface area (Å²) >= 11 is 7.59. The smallest absolute Gasteiger partial charge is 0.297 e. The maximum Gasteiger partial charge on any atom is 0.330 e. The fourth-order valence-corrected chi connectivity index (χ4v) is 3.57. The highest BCUT2D eigenvalue weighted by molar-refractivity contribution is 7.10. The molecule has 0 aliphatic heterocycles. The SMILES string of the molecule is CCCc1c(Cl)[nH]c(=O)n(C(CCC)c2cccs2)c1=O. The van der Waals surface area contributed by atoms with Gasteiger partial charge >= 0.3 is 5.69 Å². The zero-order valence-corrected chi connectivity index (χ0v) is 13.8. The summed E-state index contributed by atoms with van der Waals surface area (Å²) in [5.74, 6) is 0. The quantitative estimate of drug-likeness (QED) is 0.825. The summed E-state index contributed by atoms with van der Waals surface area (Å²) < 4.78 is 1.33. The third kappa shape index (κ3) is 3.30. The summed E-state index contributed by atoms with van der Waals surface area (Å²) in [5.41, 5.74) is -0.203. The van der Waals surface area contributed by atoms with E-state index in [9.17, 15) is 9.59 Å². The number of aromatic nitrogens is 2. The van der Waals surface area contributed by atoms with Crippen LogP contribution in [0.1, 0.15) is 49.6 Å². The fraction of sp³-hybridized carbons (Fsp3) is 0.467. The number of H-pyrrole nitrogens is 1. The minimum absolute atomic E-state index is 0.171. The number of nitrogens with zero attached hydrogens (tertiary/aromatic N) is 1. The van der Waals surface area contributed by atoms with Crippen molar-refractivity contribution in [1.82, 2.24) is 9.55 Å². The van der Waals surface area contributed by atoms with Crippen molar-refractivity contribution in [1.29, 1.82) is 0 Å². The molecule has 2 aromatic heterocycles. The number of hydrogen-bond donors (Lipinski definition) is 1. The molecule has 0 fully saturated rings. The number of halogens is 1. The zero-order chi connectivity index (χ0) is 15.4. The van der Waals surface area contributed by atoms with Gasteiger partial charge in [-0.1, -0.05) is 44.4 Å². The van der Waals surface area contributed by atoms with Crippen LogP contribution in [0.4, 0.5) is 0 Å². The van der Waals surface area contributed by atoms with Gasteiger partial charge < -0.3 is 0 Å². The van der Waals surface area contributed by atoms with Crippen molar-refractivity contribution in [3.8, 4) is 0 Å². The fourth-order valence-electron chi connectivity index (χ4n) is 2.46. The van der Waals surface area contributed by atoms with Crippen molar-refractivity contribution >= 4 is 22.9 Å². The molecular weight excluding hydrogens is 308 g/mol. The third-order valence-corrected chi connectivity index (χ3v) is 4.72. The number of hydrogen-bond acceptors (Lipinski definition) is 3. The van der Waals surface area contributed by atoms with Crippen LogP contribution in [0.5, 0.6) is 0 Å². The van der Waals surface area contributed by atoms with Gasteiger partial charge in [0.2, 0.25) is 0 Å². The number of nitrogens with one attached hydrogen (secondary N) is 1. The third-order valence-electron chi connectivity index (χ3n) is 3.42. The van der Waals surface area contributed by atoms with E-state index in [1.807, 2.05) is 31.4 Å². The molecule has 0 aliphatic rings. The van der Waals surface area contributed by atoms with Crippen LogP contribution >= 0.6 is 22.9 Å². The second-order valence-electron chi connectivity index (χ2n) is 4.97. The monoisotopic (exact) mass is 326 g/mol. The number of aromatic amines is 1. The molecular formula is C15H19ClN2O2S. The van der Waals surface area contributed by atoms with Gasteiger partial charge in [-0.15, -0.1) is 11.3 Å². The lowest BCUT2D eigenvalue weighted by Crippen LogP contribution is -2.40. The molecule has 1 unspecified atom stereocenters. The summed E-state index contributed by atoms with van der Waals surface area (Å²) in [6.07, 6.45) is 3.01. The molecule has 0 bridgehead atoms. The van der Waals surface area contributed by atoms with Crippen LogP contribution in [0.3, 0.4) is 0 Å². The molecule has 0 aromatic carbocycles. The Morgan fingerprint density at radius 3 is 2.67 bits per heavy atom. The van der Waals surface area contributed by atoms with Gasteiger partial charge in [-0.2, -0.15) is 0 Å². The van der Waals surface area contributed by atoms with Crippen LogP contribution in [0.25, 0.3) is 0 Å². The summed E-state index contributed by atoms with van der Waals surface area (Å²) in [7, 11) is 0. The first-order valence-corrected chi connectivity index (χ1v) is 8.42. The molecule has 2 rings (SSSR count). The van der Waals surface area contributed by atoms with Crippen LogP contribution in [0.2, 0.25) is 5.15 Å². The molecule has 21 heavy (non-hydrogen) atoms. The molecule has 0 saturated carbocycles. The maximum atomic E-state index is 12.7. The molecule has 0 aliphatic carbocycles. The second kappa shape index (κ2) is 7.09. The Morgan fingerprint density at radius 1 is 1.33 bits per heavy atom. The van der Waals surface area contributed by atoms with E-state index in [0.29, 0.717) is 12.0 Å². The average molecular weight is 327 g/mol. The van der Waals surface area contributed by atoms with Crippen LogP contribution in [-0.4, -0.2) is 9.55 Å². The van der Waals surface area contributed by atoms with Crippen molar-refractivity contribution in [3.05, 3.63) is 53.9 Å². The lowest BCUT2D eigenvalue weighted by Gasteiger charge is -2.18. The predicted molar refractivity (Wildman–Crippen MR) is 87.7 cm³/mol. The molecule has 0 amide bonds. The van der Waals surface area contributed by atoms with E-state index in [0.717, 1.165) is 24.1 Å². The van der Waals surface area contributed by atoms with Gasteiger partial charge in [0.05, 0.1) is 11.6 Å². The molecule has 114 valence electrons. The van der Waals surface area contributed by atoms with Gasteiger partial charge in [-0.3, -0.25) is 14.3 Å². The highest BCUT2D eigenvalue weighted by Gasteiger charge is 2.21. The van der Waals surface area contributed by atoms with Gasteiger partial charge in [0.15, 0.2) is 0 Å². The van der Waals surface area contributed by atoms with E-state index in [-0.39, 0.29) is 16.8 Å². The van der Waals surface area contributed by atoms with E-state index < -0.39 is 5.69 Å². The van der Waals surface area contributed by atoms with Crippen LogP contribution in [-0.2, 0) is 6.42 Å². The van der Waals surface area contributed by atoms with E-state index in [1.165, 1.54) is 4.57 Å². The highest BCUT2D eigenvalue weighted by Crippen LogP contribution is 2.25. The van der Waals surface area contributed by atoms with Crippen molar-refractivity contribution in [3.63, 3.8) is 0 Å². The van der Waals surface area contributed by atoms with Crippen LogP contribution < -0.4 is 11.2 Å². The Kier molecular flexibility index (Phi) is 5.42. The standard InChI is InChI=1S/C15H19ClN2O2S/c1-3-6-10-13(16)17-15(20)18(14(10)19)11(7-4-2)12-8-5-9-21-12/h5,8-9,11H,3-4,6-7H2,1-2H3,(H,17,20). The van der Waals surface area contributed by atoms with E-state index in [2.05, 4.69) is 4.98 Å². The lowest BCUT2D eigenvalue weighted by atomic mass is 10.1. The van der Waals surface area contributed by atoms with Crippen LogP contribution in [0, 0.1) is 0 Å². The first kappa shape index (κ1) is 16.0. The molecule has 0 spiro atoms. The topological polar surface area (TPSA) is 54.9 Å². The average Bonchev–Trinajstić information content (AvgIpc) is 2.96. The Morgan fingerprint density at radius 2 is 2.10 bits per heavy atom. The van der Waals surface area contributed by atoms with E-state index >= 15 is 0 Å². The minimum atomic E-state index is -0.434. The molecule has 0 saturated heterocycles. The number of rotatable bonds is 6. The van der Waals surface area contributed by atoms with Crippen molar-refractivity contribution in [2.24, 2.45) is 0 Å². The summed E-state index contributed by atoms with van der Waals surface area (Å²) in [6, 6.07) is 3.68. The maximum absolute atomic E-state index is 12.7. The lowest BCUT2D eigenvalue weighted by molar-refractivity contribution is 0.498. The minimum Gasteiger partial charge on any atom is -0.297 e. The molecule has 2 aromatic rings. The number of thiophene rings is 1. The Bertz CT molecular complexity index is 703. The Balaban J connectivity index is 2.63. The zero-order valence-electron chi connectivity index (χ0n) is 12.2. The van der Waals surface area contributed by atoms with E-state index in [4.69, 9.17) is 11.6 Å². The first-order chi connectivity index (χ1) is 10.1. The van der Waals surface area contributed by atoms with E-state index in [1.54, 1.807) is 11.3 Å². The summed E-state index contributed by atoms with van der Waals surface area (Å²) in [5, 5.41) is 2.13. The highest BCUT2D eigenvalue weighted by atomic mass is 35.5. The van der Waals surface area contributed by atoms with Crippen molar-refractivity contribution < 1.29 is 0 Å². The summed E-state index contributed by atoms with van der Waals surface area (Å²) in [4.78, 5) is 28.6. The molecule has 6 heteroatoms. The predicted octanol–water partition coefficient (Wildman–Crippen LogP) is 3.59. The molecule has 1 atom stereocenters. The Hall–Kier alpha value is -1.33. The Labute approximate surface area is 132 Å². The van der Waals surface area contributed by atoms with Gasteiger partial charge in [0.25, 0.3) is 5.56 Å². The normalized spacial score (nSPS) is 12.5.